The third-order valence-corrected chi connectivity index (χ3v) is 5.98. The molecular formula is C19H15N3O4S. The quantitative estimate of drug-likeness (QED) is 0.671. The third kappa shape index (κ3) is 3.43. The van der Waals surface area contributed by atoms with Crippen LogP contribution in [0.25, 0.3) is 11.0 Å². The van der Waals surface area contributed by atoms with Crippen molar-refractivity contribution in [3.05, 3.63) is 70.1 Å². The Kier molecular flexibility index (Phi) is 4.18. The van der Waals surface area contributed by atoms with E-state index in [0.29, 0.717) is 29.5 Å². The summed E-state index contributed by atoms with van der Waals surface area (Å²) < 4.78 is 33.3. The highest BCUT2D eigenvalue weighted by Gasteiger charge is 2.24. The van der Waals surface area contributed by atoms with Crippen LogP contribution >= 0.6 is 0 Å². The molecule has 2 heterocycles. The Bertz CT molecular complexity index is 1240. The molecule has 1 aliphatic heterocycles. The molecule has 8 heteroatoms. The first kappa shape index (κ1) is 17.3. The van der Waals surface area contributed by atoms with Crippen molar-refractivity contribution in [1.82, 2.24) is 4.72 Å². The van der Waals surface area contributed by atoms with Crippen molar-refractivity contribution in [2.45, 2.75) is 17.4 Å². The zero-order valence-corrected chi connectivity index (χ0v) is 14.9. The van der Waals surface area contributed by atoms with Gasteiger partial charge in [-0.3, -0.25) is 0 Å². The second-order valence-electron chi connectivity index (χ2n) is 6.34. The minimum absolute atomic E-state index is 0.0976. The van der Waals surface area contributed by atoms with Gasteiger partial charge >= 0.3 is 5.63 Å². The van der Waals surface area contributed by atoms with Gasteiger partial charge in [-0.1, -0.05) is 0 Å². The predicted octanol–water partition coefficient (Wildman–Crippen LogP) is 1.98. The molecule has 27 heavy (non-hydrogen) atoms. The van der Waals surface area contributed by atoms with Gasteiger partial charge in [0.2, 0.25) is 10.0 Å². The van der Waals surface area contributed by atoms with Gasteiger partial charge < -0.3 is 9.73 Å². The molecule has 0 spiro atoms. The molecule has 136 valence electrons. The number of benzene rings is 2. The number of nitrogens with zero attached hydrogens (tertiary/aromatic N) is 1. The van der Waals surface area contributed by atoms with Crippen LogP contribution in [0.1, 0.15) is 11.1 Å². The monoisotopic (exact) mass is 381 g/mol. The van der Waals surface area contributed by atoms with Gasteiger partial charge in [-0.05, 0) is 54.4 Å². The van der Waals surface area contributed by atoms with E-state index in [1.54, 1.807) is 12.1 Å². The van der Waals surface area contributed by atoms with Crippen molar-refractivity contribution in [2.24, 2.45) is 0 Å². The summed E-state index contributed by atoms with van der Waals surface area (Å²) in [6.07, 6.45) is 0.486. The van der Waals surface area contributed by atoms with Crippen LogP contribution in [-0.2, 0) is 16.4 Å². The van der Waals surface area contributed by atoms with Crippen LogP contribution in [0.4, 0.5) is 5.69 Å². The van der Waals surface area contributed by atoms with Crippen LogP contribution in [0.5, 0.6) is 0 Å². The summed E-state index contributed by atoms with van der Waals surface area (Å²) in [5.74, 6) is 0. The Balaban J connectivity index is 1.59. The van der Waals surface area contributed by atoms with Crippen molar-refractivity contribution in [2.75, 3.05) is 11.9 Å². The lowest BCUT2D eigenvalue weighted by Gasteiger charge is -2.27. The first-order chi connectivity index (χ1) is 12.9. The molecule has 1 atom stereocenters. The maximum absolute atomic E-state index is 12.8. The maximum Gasteiger partial charge on any atom is 0.336 e. The number of sulfonamides is 1. The van der Waals surface area contributed by atoms with Gasteiger partial charge in [0.1, 0.15) is 5.58 Å². The van der Waals surface area contributed by atoms with Gasteiger partial charge in [0.25, 0.3) is 0 Å². The number of nitrogens with one attached hydrogen (secondary N) is 2. The highest BCUT2D eigenvalue weighted by molar-refractivity contribution is 7.89. The van der Waals surface area contributed by atoms with Crippen LogP contribution < -0.4 is 15.7 Å². The largest absolute Gasteiger partial charge is 0.423 e. The highest BCUT2D eigenvalue weighted by atomic mass is 32.2. The van der Waals surface area contributed by atoms with E-state index >= 15 is 0 Å². The van der Waals surface area contributed by atoms with Crippen LogP contribution in [0, 0.1) is 11.3 Å². The summed E-state index contributed by atoms with van der Waals surface area (Å²) >= 11 is 0. The van der Waals surface area contributed by atoms with Gasteiger partial charge in [-0.15, -0.1) is 0 Å². The fourth-order valence-electron chi connectivity index (χ4n) is 3.16. The normalized spacial score (nSPS) is 16.3. The lowest BCUT2D eigenvalue weighted by molar-refractivity contribution is 0.548. The molecule has 0 amide bonds. The van der Waals surface area contributed by atoms with Gasteiger partial charge in [-0.25, -0.2) is 17.9 Å². The molecule has 0 aliphatic carbocycles. The van der Waals surface area contributed by atoms with Gasteiger partial charge in [0.15, 0.2) is 0 Å². The summed E-state index contributed by atoms with van der Waals surface area (Å²) in [4.78, 5) is 11.3. The van der Waals surface area contributed by atoms with Crippen molar-refractivity contribution < 1.29 is 12.8 Å². The van der Waals surface area contributed by atoms with Crippen LogP contribution in [0.2, 0.25) is 0 Å². The molecule has 4 rings (SSSR count). The van der Waals surface area contributed by atoms with Crippen LogP contribution in [-0.4, -0.2) is 21.0 Å². The van der Waals surface area contributed by atoms with E-state index in [9.17, 15) is 13.2 Å². The summed E-state index contributed by atoms with van der Waals surface area (Å²) in [5, 5.41) is 12.8. The van der Waals surface area contributed by atoms with Gasteiger partial charge in [-0.2, -0.15) is 5.26 Å². The fraction of sp³-hybridized carbons (Fsp3) is 0.158. The van der Waals surface area contributed by atoms with E-state index in [4.69, 9.17) is 9.68 Å². The second-order valence-corrected chi connectivity index (χ2v) is 8.06. The summed E-state index contributed by atoms with van der Waals surface area (Å²) in [7, 11) is -3.75. The predicted molar refractivity (Wildman–Crippen MR) is 99.9 cm³/mol. The number of fused-ring (bicyclic) bond motifs is 2. The van der Waals surface area contributed by atoms with E-state index in [1.807, 2.05) is 6.07 Å². The molecule has 3 aromatic rings. The molecule has 2 N–H and O–H groups in total. The zero-order valence-electron chi connectivity index (χ0n) is 14.1. The van der Waals surface area contributed by atoms with E-state index < -0.39 is 15.6 Å². The molecule has 7 nitrogen and oxygen atoms in total. The summed E-state index contributed by atoms with van der Waals surface area (Å²) in [6.45, 7) is 0.445. The highest BCUT2D eigenvalue weighted by Crippen LogP contribution is 2.24. The number of nitriles is 1. The van der Waals surface area contributed by atoms with Crippen molar-refractivity contribution >= 4 is 26.7 Å². The Labute approximate surface area is 155 Å². The molecule has 1 unspecified atom stereocenters. The van der Waals surface area contributed by atoms with E-state index in [2.05, 4.69) is 16.1 Å². The second kappa shape index (κ2) is 6.54. The first-order valence-corrected chi connectivity index (χ1v) is 9.76. The van der Waals surface area contributed by atoms with Gasteiger partial charge in [0.05, 0.1) is 16.5 Å². The third-order valence-electron chi connectivity index (χ3n) is 4.46. The van der Waals surface area contributed by atoms with Crippen molar-refractivity contribution in [3.8, 4) is 6.07 Å². The van der Waals surface area contributed by atoms with Crippen LogP contribution in [0.15, 0.2) is 62.6 Å². The van der Waals surface area contributed by atoms with Crippen molar-refractivity contribution in [3.63, 3.8) is 0 Å². The standard InChI is InChI=1S/C19H15N3O4S/c20-10-12-1-4-17-14(7-12)8-15(11-21-17)22-27(24,25)16-3-5-18-13(9-16)2-6-19(23)26-18/h1-7,9,15,21-22H,8,11H2. The SMILES string of the molecule is N#Cc1ccc2c(c1)CC(NS(=O)(=O)c1ccc3oc(=O)ccc3c1)CN2. The van der Waals surface area contributed by atoms with E-state index in [-0.39, 0.29) is 10.9 Å². The molecule has 0 saturated carbocycles. The lowest BCUT2D eigenvalue weighted by Crippen LogP contribution is -2.43. The van der Waals surface area contributed by atoms with Crippen molar-refractivity contribution in [1.29, 1.82) is 5.26 Å². The minimum atomic E-state index is -3.75. The summed E-state index contributed by atoms with van der Waals surface area (Å²) in [5.41, 5.74) is 2.19. The topological polar surface area (TPSA) is 112 Å². The Morgan fingerprint density at radius 1 is 1.15 bits per heavy atom. The number of rotatable bonds is 3. The average molecular weight is 381 g/mol. The minimum Gasteiger partial charge on any atom is -0.423 e. The molecule has 2 aromatic carbocycles. The Morgan fingerprint density at radius 2 is 2.00 bits per heavy atom. The zero-order chi connectivity index (χ0) is 19.0. The molecule has 0 saturated heterocycles. The molecule has 0 radical (unpaired) electrons. The van der Waals surface area contributed by atoms with E-state index in [0.717, 1.165) is 11.3 Å². The molecular weight excluding hydrogens is 366 g/mol. The first-order valence-electron chi connectivity index (χ1n) is 8.28. The average Bonchev–Trinajstić information content (AvgIpc) is 2.66. The van der Waals surface area contributed by atoms with Gasteiger partial charge in [0, 0.05) is 29.7 Å². The van der Waals surface area contributed by atoms with Crippen LogP contribution in [0.3, 0.4) is 0 Å². The fourth-order valence-corrected chi connectivity index (χ4v) is 4.43. The Morgan fingerprint density at radius 3 is 2.81 bits per heavy atom. The smallest absolute Gasteiger partial charge is 0.336 e. The maximum atomic E-state index is 12.8. The molecule has 0 fully saturated rings. The number of anilines is 1. The number of hydrogen-bond acceptors (Lipinski definition) is 6. The summed E-state index contributed by atoms with van der Waals surface area (Å²) in [6, 6.07) is 14.2. The molecule has 1 aliphatic rings. The lowest BCUT2D eigenvalue weighted by atomic mass is 9.98. The molecule has 0 bridgehead atoms. The Hall–Kier alpha value is -3.15. The molecule has 1 aromatic heterocycles. The van der Waals surface area contributed by atoms with E-state index in [1.165, 1.54) is 30.3 Å². The number of hydrogen-bond donors (Lipinski definition) is 2.